The second kappa shape index (κ2) is 7.35. The predicted octanol–water partition coefficient (Wildman–Crippen LogP) is 3.01. The van der Waals surface area contributed by atoms with Crippen molar-refractivity contribution in [2.45, 2.75) is 19.6 Å². The lowest BCUT2D eigenvalue weighted by Gasteiger charge is -2.07. The average Bonchev–Trinajstić information content (AvgIpc) is 2.49. The maximum atomic E-state index is 11.7. The number of fused-ring (bicyclic) bond motifs is 1. The molecule has 5 nitrogen and oxygen atoms in total. The zero-order valence-corrected chi connectivity index (χ0v) is 13.8. The summed E-state index contributed by atoms with van der Waals surface area (Å²) in [7, 11) is 1.57. The lowest BCUT2D eigenvalue weighted by atomic mass is 10.1. The Kier molecular flexibility index (Phi) is 5.49. The van der Waals surface area contributed by atoms with E-state index < -0.39 is 0 Å². The highest BCUT2D eigenvalue weighted by molar-refractivity contribution is 8.13. The summed E-state index contributed by atoms with van der Waals surface area (Å²) >= 11 is 1.42. The van der Waals surface area contributed by atoms with Gasteiger partial charge in [-0.2, -0.15) is 0 Å². The van der Waals surface area contributed by atoms with E-state index in [0.29, 0.717) is 34.7 Å². The van der Waals surface area contributed by atoms with Crippen LogP contribution in [-0.4, -0.2) is 18.8 Å². The van der Waals surface area contributed by atoms with E-state index in [1.807, 2.05) is 12.1 Å². The Labute approximate surface area is 133 Å². The van der Waals surface area contributed by atoms with Crippen LogP contribution in [0.25, 0.3) is 11.0 Å². The summed E-state index contributed by atoms with van der Waals surface area (Å²) in [5, 5.41) is 1.41. The summed E-state index contributed by atoms with van der Waals surface area (Å²) in [5.41, 5.74) is 6.90. The van der Waals surface area contributed by atoms with Crippen molar-refractivity contribution in [3.05, 3.63) is 40.2 Å². The zero-order chi connectivity index (χ0) is 16.1. The third-order valence-electron chi connectivity index (χ3n) is 3.03. The van der Waals surface area contributed by atoms with Gasteiger partial charge in [-0.25, -0.2) is 4.79 Å². The molecule has 0 saturated carbocycles. The Morgan fingerprint density at radius 3 is 2.86 bits per heavy atom. The van der Waals surface area contributed by atoms with Gasteiger partial charge in [-0.1, -0.05) is 25.6 Å². The van der Waals surface area contributed by atoms with E-state index in [-0.39, 0.29) is 5.63 Å². The molecule has 0 bridgehead atoms. The minimum Gasteiger partial charge on any atom is -0.497 e. The molecule has 2 rings (SSSR count). The van der Waals surface area contributed by atoms with Crippen LogP contribution in [0, 0.1) is 5.92 Å². The Hall–Kier alpha value is -1.95. The maximum Gasteiger partial charge on any atom is 0.336 e. The van der Waals surface area contributed by atoms with Gasteiger partial charge in [0.05, 0.1) is 7.11 Å². The number of ether oxygens (including phenoxy) is 1. The quantitative estimate of drug-likeness (QED) is 0.520. The van der Waals surface area contributed by atoms with Gasteiger partial charge in [0.15, 0.2) is 5.17 Å². The molecule has 0 aliphatic carbocycles. The number of nitrogens with zero attached hydrogens (tertiary/aromatic N) is 1. The molecule has 22 heavy (non-hydrogen) atoms. The molecule has 6 heteroatoms. The van der Waals surface area contributed by atoms with Gasteiger partial charge in [-0.3, -0.25) is 4.99 Å². The molecule has 0 saturated heterocycles. The second-order valence-corrected chi connectivity index (χ2v) is 6.31. The fourth-order valence-corrected chi connectivity index (χ4v) is 2.63. The summed E-state index contributed by atoms with van der Waals surface area (Å²) in [6, 6.07) is 6.93. The molecule has 0 amide bonds. The van der Waals surface area contributed by atoms with Gasteiger partial charge < -0.3 is 14.9 Å². The normalized spacial score (nSPS) is 12.1. The van der Waals surface area contributed by atoms with E-state index >= 15 is 0 Å². The van der Waals surface area contributed by atoms with Crippen molar-refractivity contribution in [1.82, 2.24) is 0 Å². The molecule has 0 fully saturated rings. The highest BCUT2D eigenvalue weighted by atomic mass is 32.2. The monoisotopic (exact) mass is 320 g/mol. The molecule has 1 heterocycles. The first-order valence-corrected chi connectivity index (χ1v) is 8.01. The molecule has 0 aliphatic rings. The fraction of sp³-hybridized carbons (Fsp3) is 0.375. The SMILES string of the molecule is COc1ccc2c(CSC(N)=NCC(C)C)cc(=O)oc2c1. The van der Waals surface area contributed by atoms with Crippen LogP contribution >= 0.6 is 11.8 Å². The minimum absolute atomic E-state index is 0.381. The fourth-order valence-electron chi connectivity index (χ4n) is 1.93. The van der Waals surface area contributed by atoms with Crippen molar-refractivity contribution in [3.8, 4) is 5.75 Å². The van der Waals surface area contributed by atoms with E-state index in [9.17, 15) is 4.79 Å². The van der Waals surface area contributed by atoms with Crippen LogP contribution < -0.4 is 16.1 Å². The Morgan fingerprint density at radius 2 is 2.18 bits per heavy atom. The number of hydrogen-bond acceptors (Lipinski definition) is 5. The molecular weight excluding hydrogens is 300 g/mol. The molecule has 118 valence electrons. The van der Waals surface area contributed by atoms with Crippen LogP contribution in [0.2, 0.25) is 0 Å². The number of hydrogen-bond donors (Lipinski definition) is 1. The van der Waals surface area contributed by atoms with Crippen molar-refractivity contribution in [2.24, 2.45) is 16.6 Å². The Balaban J connectivity index is 2.24. The van der Waals surface area contributed by atoms with E-state index in [1.54, 1.807) is 13.2 Å². The van der Waals surface area contributed by atoms with Gasteiger partial charge in [0, 0.05) is 29.8 Å². The van der Waals surface area contributed by atoms with Gasteiger partial charge in [-0.15, -0.1) is 0 Å². The van der Waals surface area contributed by atoms with Crippen molar-refractivity contribution < 1.29 is 9.15 Å². The molecule has 2 N–H and O–H groups in total. The largest absolute Gasteiger partial charge is 0.497 e. The predicted molar refractivity (Wildman–Crippen MR) is 91.7 cm³/mol. The Bertz CT molecular complexity index is 738. The lowest BCUT2D eigenvalue weighted by molar-refractivity contribution is 0.414. The van der Waals surface area contributed by atoms with Crippen LogP contribution in [0.3, 0.4) is 0 Å². The van der Waals surface area contributed by atoms with Gasteiger partial charge in [0.2, 0.25) is 0 Å². The average molecular weight is 320 g/mol. The first kappa shape index (κ1) is 16.4. The van der Waals surface area contributed by atoms with E-state index in [4.69, 9.17) is 14.9 Å². The van der Waals surface area contributed by atoms with Crippen LogP contribution in [0.15, 0.2) is 38.5 Å². The summed E-state index contributed by atoms with van der Waals surface area (Å²) in [4.78, 5) is 16.0. The summed E-state index contributed by atoms with van der Waals surface area (Å²) in [6.45, 7) is 4.88. The van der Waals surface area contributed by atoms with Crippen molar-refractivity contribution in [1.29, 1.82) is 0 Å². The number of methoxy groups -OCH3 is 1. The third-order valence-corrected chi connectivity index (χ3v) is 3.91. The highest BCUT2D eigenvalue weighted by Gasteiger charge is 2.08. The van der Waals surface area contributed by atoms with Crippen LogP contribution in [-0.2, 0) is 5.75 Å². The van der Waals surface area contributed by atoms with Crippen molar-refractivity contribution >= 4 is 27.9 Å². The summed E-state index contributed by atoms with van der Waals surface area (Å²) in [6.07, 6.45) is 0. The van der Waals surface area contributed by atoms with E-state index in [0.717, 1.165) is 10.9 Å². The molecule has 0 atom stereocenters. The number of nitrogens with two attached hydrogens (primary N) is 1. The minimum atomic E-state index is -0.381. The molecule has 0 radical (unpaired) electrons. The first-order chi connectivity index (χ1) is 10.5. The standard InChI is InChI=1S/C16H20N2O3S/c1-10(2)8-18-16(17)22-9-11-6-15(19)21-14-7-12(20-3)4-5-13(11)14/h4-7,10H,8-9H2,1-3H3,(H2,17,18). The van der Waals surface area contributed by atoms with Crippen LogP contribution in [0.4, 0.5) is 0 Å². The topological polar surface area (TPSA) is 77.8 Å². The molecule has 1 aromatic carbocycles. The van der Waals surface area contributed by atoms with Crippen molar-refractivity contribution in [3.63, 3.8) is 0 Å². The van der Waals surface area contributed by atoms with Gasteiger partial charge >= 0.3 is 5.63 Å². The number of amidine groups is 1. The van der Waals surface area contributed by atoms with Crippen LogP contribution in [0.5, 0.6) is 5.75 Å². The van der Waals surface area contributed by atoms with Gasteiger partial charge in [0.25, 0.3) is 0 Å². The van der Waals surface area contributed by atoms with E-state index in [2.05, 4.69) is 18.8 Å². The Morgan fingerprint density at radius 1 is 1.41 bits per heavy atom. The molecular formula is C16H20N2O3S. The molecule has 0 aliphatic heterocycles. The maximum absolute atomic E-state index is 11.7. The molecule has 2 aromatic rings. The smallest absolute Gasteiger partial charge is 0.336 e. The summed E-state index contributed by atoms with van der Waals surface area (Å²) < 4.78 is 10.4. The lowest BCUT2D eigenvalue weighted by Crippen LogP contribution is -2.10. The first-order valence-electron chi connectivity index (χ1n) is 7.03. The number of aliphatic imine (C=N–C) groups is 1. The summed E-state index contributed by atoms with van der Waals surface area (Å²) in [5.74, 6) is 1.69. The molecule has 0 spiro atoms. The molecule has 1 aromatic heterocycles. The number of thioether (sulfide) groups is 1. The van der Waals surface area contributed by atoms with Gasteiger partial charge in [-0.05, 0) is 23.6 Å². The third kappa shape index (κ3) is 4.27. The van der Waals surface area contributed by atoms with E-state index in [1.165, 1.54) is 17.8 Å². The highest BCUT2D eigenvalue weighted by Crippen LogP contribution is 2.25. The van der Waals surface area contributed by atoms with Crippen LogP contribution in [0.1, 0.15) is 19.4 Å². The molecule has 0 unspecified atom stereocenters. The second-order valence-electron chi connectivity index (χ2n) is 5.31. The number of benzene rings is 1. The van der Waals surface area contributed by atoms with Crippen molar-refractivity contribution in [2.75, 3.05) is 13.7 Å². The zero-order valence-electron chi connectivity index (χ0n) is 13.0. The van der Waals surface area contributed by atoms with Gasteiger partial charge in [0.1, 0.15) is 11.3 Å². The number of rotatable bonds is 5.